The second kappa shape index (κ2) is 5.85. The van der Waals surface area contributed by atoms with Crippen LogP contribution in [-0.2, 0) is 13.0 Å². The number of rotatable bonds is 5. The highest BCUT2D eigenvalue weighted by atomic mass is 16.5. The van der Waals surface area contributed by atoms with Crippen molar-refractivity contribution in [3.05, 3.63) is 53.9 Å². The van der Waals surface area contributed by atoms with E-state index in [-0.39, 0.29) is 13.2 Å². The van der Waals surface area contributed by atoms with Crippen molar-refractivity contribution in [2.45, 2.75) is 13.0 Å². The molecule has 0 radical (unpaired) electrons. The lowest BCUT2D eigenvalue weighted by atomic mass is 10.1. The van der Waals surface area contributed by atoms with E-state index in [4.69, 9.17) is 20.0 Å². The van der Waals surface area contributed by atoms with Crippen molar-refractivity contribution in [2.24, 2.45) is 0 Å². The predicted molar refractivity (Wildman–Crippen MR) is 80.0 cm³/mol. The fraction of sp³-hybridized carbons (Fsp3) is 0.188. The molecule has 0 saturated heterocycles. The van der Waals surface area contributed by atoms with E-state index in [2.05, 4.69) is 4.98 Å². The third kappa shape index (κ3) is 3.14. The number of nitrogen functional groups attached to an aromatic ring is 1. The first kappa shape index (κ1) is 13.5. The molecule has 0 spiro atoms. The minimum absolute atomic E-state index is 0.145. The molecule has 3 aromatic rings. The molecule has 0 aliphatic rings. The summed E-state index contributed by atoms with van der Waals surface area (Å²) < 4.78 is 11.2. The summed E-state index contributed by atoms with van der Waals surface area (Å²) >= 11 is 0. The fourth-order valence-electron chi connectivity index (χ4n) is 2.08. The molecule has 0 fully saturated rings. The first-order chi connectivity index (χ1) is 10.2. The second-order valence-corrected chi connectivity index (χ2v) is 4.74. The average molecular weight is 284 g/mol. The molecule has 0 aliphatic heterocycles. The zero-order chi connectivity index (χ0) is 14.7. The third-order valence-electron chi connectivity index (χ3n) is 3.14. The Labute approximate surface area is 122 Å². The van der Waals surface area contributed by atoms with Crippen LogP contribution >= 0.6 is 0 Å². The standard InChI is InChI=1S/C16H16N2O3/c17-12-3-6-15-14(9-12)18-16(21-15)10-20-13-4-1-11(2-5-13)7-8-19/h1-6,9,19H,7-8,10,17H2. The van der Waals surface area contributed by atoms with Crippen molar-refractivity contribution in [3.8, 4) is 5.75 Å². The van der Waals surface area contributed by atoms with Gasteiger partial charge in [-0.2, -0.15) is 0 Å². The van der Waals surface area contributed by atoms with Crippen molar-refractivity contribution in [3.63, 3.8) is 0 Å². The number of aliphatic hydroxyl groups is 1. The van der Waals surface area contributed by atoms with Gasteiger partial charge in [0.15, 0.2) is 12.2 Å². The van der Waals surface area contributed by atoms with Crippen molar-refractivity contribution in [1.82, 2.24) is 4.98 Å². The van der Waals surface area contributed by atoms with E-state index in [1.54, 1.807) is 18.2 Å². The van der Waals surface area contributed by atoms with Crippen LogP contribution in [0.2, 0.25) is 0 Å². The van der Waals surface area contributed by atoms with Crippen LogP contribution in [-0.4, -0.2) is 16.7 Å². The Bertz CT molecular complexity index is 735. The molecular weight excluding hydrogens is 268 g/mol. The van der Waals surface area contributed by atoms with E-state index in [0.29, 0.717) is 23.6 Å². The molecule has 1 heterocycles. The van der Waals surface area contributed by atoms with Crippen LogP contribution in [0.4, 0.5) is 5.69 Å². The smallest absolute Gasteiger partial charge is 0.233 e. The minimum atomic E-state index is 0.145. The highest BCUT2D eigenvalue weighted by molar-refractivity contribution is 5.76. The summed E-state index contributed by atoms with van der Waals surface area (Å²) in [6.07, 6.45) is 0.646. The maximum absolute atomic E-state index is 8.87. The minimum Gasteiger partial charge on any atom is -0.484 e. The topological polar surface area (TPSA) is 81.5 Å². The average Bonchev–Trinajstić information content (AvgIpc) is 2.89. The maximum Gasteiger partial charge on any atom is 0.233 e. The molecular formula is C16H16N2O3. The maximum atomic E-state index is 8.87. The number of hydrogen-bond acceptors (Lipinski definition) is 5. The molecule has 21 heavy (non-hydrogen) atoms. The van der Waals surface area contributed by atoms with Crippen molar-refractivity contribution in [2.75, 3.05) is 12.3 Å². The summed E-state index contributed by atoms with van der Waals surface area (Å²) in [5.74, 6) is 1.24. The van der Waals surface area contributed by atoms with Gasteiger partial charge in [-0.05, 0) is 42.3 Å². The summed E-state index contributed by atoms with van der Waals surface area (Å²) in [6, 6.07) is 12.9. The van der Waals surface area contributed by atoms with Gasteiger partial charge in [0, 0.05) is 12.3 Å². The summed E-state index contributed by atoms with van der Waals surface area (Å²) in [4.78, 5) is 4.33. The molecule has 0 unspecified atom stereocenters. The lowest BCUT2D eigenvalue weighted by Gasteiger charge is -2.04. The zero-order valence-electron chi connectivity index (χ0n) is 11.5. The number of benzene rings is 2. The number of oxazole rings is 1. The molecule has 0 bridgehead atoms. The normalized spacial score (nSPS) is 10.9. The highest BCUT2D eigenvalue weighted by Gasteiger charge is 2.06. The molecule has 2 aromatic carbocycles. The number of hydrogen-bond donors (Lipinski definition) is 2. The van der Waals surface area contributed by atoms with Gasteiger partial charge in [0.05, 0.1) is 0 Å². The van der Waals surface area contributed by atoms with Gasteiger partial charge in [0.25, 0.3) is 0 Å². The van der Waals surface area contributed by atoms with Crippen molar-refractivity contribution in [1.29, 1.82) is 0 Å². The molecule has 1 aromatic heterocycles. The molecule has 0 aliphatic carbocycles. The number of nitrogens with two attached hydrogens (primary N) is 1. The van der Waals surface area contributed by atoms with Gasteiger partial charge in [-0.15, -0.1) is 0 Å². The first-order valence-electron chi connectivity index (χ1n) is 6.72. The van der Waals surface area contributed by atoms with E-state index in [1.165, 1.54) is 0 Å². The Morgan fingerprint density at radius 1 is 1.14 bits per heavy atom. The van der Waals surface area contributed by atoms with Gasteiger partial charge in [-0.1, -0.05) is 12.1 Å². The van der Waals surface area contributed by atoms with Crippen molar-refractivity contribution < 1.29 is 14.3 Å². The molecule has 0 saturated carbocycles. The Morgan fingerprint density at radius 3 is 2.71 bits per heavy atom. The van der Waals surface area contributed by atoms with Gasteiger partial charge in [-0.25, -0.2) is 4.98 Å². The summed E-state index contributed by atoms with van der Waals surface area (Å²) in [7, 11) is 0. The lowest BCUT2D eigenvalue weighted by Crippen LogP contribution is -1.96. The number of nitrogens with zero attached hydrogens (tertiary/aromatic N) is 1. The largest absolute Gasteiger partial charge is 0.484 e. The molecule has 5 heteroatoms. The summed E-state index contributed by atoms with van der Waals surface area (Å²) in [6.45, 7) is 0.403. The SMILES string of the molecule is Nc1ccc2oc(COc3ccc(CCO)cc3)nc2c1. The van der Waals surface area contributed by atoms with Crippen LogP contribution in [0, 0.1) is 0 Å². The Kier molecular flexibility index (Phi) is 3.75. The Morgan fingerprint density at radius 2 is 1.95 bits per heavy atom. The highest BCUT2D eigenvalue weighted by Crippen LogP contribution is 2.20. The van der Waals surface area contributed by atoms with Gasteiger partial charge in [0.2, 0.25) is 5.89 Å². The number of aromatic nitrogens is 1. The van der Waals surface area contributed by atoms with Crippen LogP contribution in [0.1, 0.15) is 11.5 Å². The van der Waals surface area contributed by atoms with Gasteiger partial charge < -0.3 is 20.0 Å². The molecule has 0 amide bonds. The molecule has 5 nitrogen and oxygen atoms in total. The van der Waals surface area contributed by atoms with Crippen LogP contribution < -0.4 is 10.5 Å². The third-order valence-corrected chi connectivity index (χ3v) is 3.14. The monoisotopic (exact) mass is 284 g/mol. The predicted octanol–water partition coefficient (Wildman–Crippen LogP) is 2.52. The summed E-state index contributed by atoms with van der Waals surface area (Å²) in [5, 5.41) is 8.87. The molecule has 108 valence electrons. The van der Waals surface area contributed by atoms with Gasteiger partial charge >= 0.3 is 0 Å². The number of ether oxygens (including phenoxy) is 1. The quantitative estimate of drug-likeness (QED) is 0.704. The van der Waals surface area contributed by atoms with Crippen LogP contribution in [0.3, 0.4) is 0 Å². The van der Waals surface area contributed by atoms with E-state index < -0.39 is 0 Å². The molecule has 3 N–H and O–H groups in total. The molecule has 3 rings (SSSR count). The lowest BCUT2D eigenvalue weighted by molar-refractivity contribution is 0.267. The Balaban J connectivity index is 1.68. The summed E-state index contributed by atoms with van der Waals surface area (Å²) in [5.41, 5.74) is 8.86. The van der Waals surface area contributed by atoms with Crippen LogP contribution in [0.25, 0.3) is 11.1 Å². The van der Waals surface area contributed by atoms with E-state index in [1.807, 2.05) is 24.3 Å². The van der Waals surface area contributed by atoms with E-state index in [9.17, 15) is 0 Å². The second-order valence-electron chi connectivity index (χ2n) is 4.74. The Hall–Kier alpha value is -2.53. The van der Waals surface area contributed by atoms with Gasteiger partial charge in [0.1, 0.15) is 11.3 Å². The first-order valence-corrected chi connectivity index (χ1v) is 6.72. The van der Waals surface area contributed by atoms with Crippen LogP contribution in [0.15, 0.2) is 46.9 Å². The number of anilines is 1. The zero-order valence-corrected chi connectivity index (χ0v) is 11.5. The molecule has 0 atom stereocenters. The fourth-order valence-corrected chi connectivity index (χ4v) is 2.08. The van der Waals surface area contributed by atoms with E-state index >= 15 is 0 Å². The number of fused-ring (bicyclic) bond motifs is 1. The van der Waals surface area contributed by atoms with Gasteiger partial charge in [-0.3, -0.25) is 0 Å². The van der Waals surface area contributed by atoms with Crippen LogP contribution in [0.5, 0.6) is 5.75 Å². The van der Waals surface area contributed by atoms with Crippen molar-refractivity contribution >= 4 is 16.8 Å². The number of aliphatic hydroxyl groups excluding tert-OH is 1. The van der Waals surface area contributed by atoms with E-state index in [0.717, 1.165) is 16.8 Å².